The van der Waals surface area contributed by atoms with E-state index in [0.29, 0.717) is 17.8 Å². The number of rotatable bonds is 4. The maximum absolute atomic E-state index is 14.3. The van der Waals surface area contributed by atoms with Gasteiger partial charge in [-0.3, -0.25) is 14.5 Å². The third kappa shape index (κ3) is 2.46. The first-order valence-corrected chi connectivity index (χ1v) is 10.2. The molecule has 5 nitrogen and oxygen atoms in total. The van der Waals surface area contributed by atoms with Crippen molar-refractivity contribution < 1.29 is 18.8 Å². The Kier molecular flexibility index (Phi) is 3.74. The van der Waals surface area contributed by atoms with Crippen LogP contribution in [-0.2, 0) is 15.1 Å². The lowest BCUT2D eigenvalue weighted by Gasteiger charge is -2.56. The van der Waals surface area contributed by atoms with Crippen LogP contribution in [0.15, 0.2) is 24.3 Å². The predicted octanol–water partition coefficient (Wildman–Crippen LogP) is 3.38. The van der Waals surface area contributed by atoms with Crippen molar-refractivity contribution in [1.29, 1.82) is 0 Å². The fourth-order valence-electron chi connectivity index (χ4n) is 6.65. The summed E-state index contributed by atoms with van der Waals surface area (Å²) < 4.78 is 14.3. The van der Waals surface area contributed by atoms with Crippen LogP contribution >= 0.6 is 0 Å². The molecule has 6 heteroatoms. The van der Waals surface area contributed by atoms with Crippen molar-refractivity contribution in [3.05, 3.63) is 35.6 Å². The second-order valence-electron chi connectivity index (χ2n) is 9.55. The van der Waals surface area contributed by atoms with E-state index in [-0.39, 0.29) is 23.3 Å². The second kappa shape index (κ2) is 5.88. The van der Waals surface area contributed by atoms with E-state index in [0.717, 1.165) is 24.2 Å². The smallest absolute Gasteiger partial charge is 0.319 e. The summed E-state index contributed by atoms with van der Waals surface area (Å²) in [6.45, 7) is 1.29. The van der Waals surface area contributed by atoms with Crippen molar-refractivity contribution in [1.82, 2.24) is 10.2 Å². The molecular formula is C22H25FN2O3. The van der Waals surface area contributed by atoms with Gasteiger partial charge in [0, 0.05) is 11.0 Å². The van der Waals surface area contributed by atoms with Gasteiger partial charge in [-0.1, -0.05) is 18.2 Å². The minimum atomic E-state index is -1.48. The molecule has 148 valence electrons. The number of amides is 3. The van der Waals surface area contributed by atoms with Gasteiger partial charge in [0.1, 0.15) is 11.4 Å². The molecule has 1 N–H and O–H groups in total. The van der Waals surface area contributed by atoms with Crippen LogP contribution in [0.4, 0.5) is 9.18 Å². The fourth-order valence-corrected chi connectivity index (χ4v) is 6.65. The molecule has 1 aromatic carbocycles. The maximum Gasteiger partial charge on any atom is 0.325 e. The number of hydrogen-bond donors (Lipinski definition) is 1. The Balaban J connectivity index is 1.39. The molecule has 1 heterocycles. The van der Waals surface area contributed by atoms with Crippen molar-refractivity contribution in [2.24, 2.45) is 23.2 Å². The lowest BCUT2D eigenvalue weighted by atomic mass is 9.48. The zero-order valence-corrected chi connectivity index (χ0v) is 16.0. The summed E-state index contributed by atoms with van der Waals surface area (Å²) in [5.41, 5.74) is -1.73. The molecule has 0 spiro atoms. The summed E-state index contributed by atoms with van der Waals surface area (Å²) in [6.07, 6.45) is 6.35. The topological polar surface area (TPSA) is 66.5 Å². The molecule has 1 unspecified atom stereocenters. The summed E-state index contributed by atoms with van der Waals surface area (Å²) in [6, 6.07) is 5.32. The summed E-state index contributed by atoms with van der Waals surface area (Å²) >= 11 is 0. The van der Waals surface area contributed by atoms with Crippen LogP contribution in [0, 0.1) is 29.0 Å². The van der Waals surface area contributed by atoms with Gasteiger partial charge in [-0.25, -0.2) is 9.18 Å². The third-order valence-corrected chi connectivity index (χ3v) is 7.62. The number of urea groups is 1. The Hall–Kier alpha value is -2.24. The number of halogens is 1. The highest BCUT2D eigenvalue weighted by Gasteiger charge is 2.56. The molecule has 28 heavy (non-hydrogen) atoms. The summed E-state index contributed by atoms with van der Waals surface area (Å²) in [5, 5.41) is 2.61. The maximum atomic E-state index is 14.3. The largest absolute Gasteiger partial charge is 0.325 e. The molecule has 5 fully saturated rings. The van der Waals surface area contributed by atoms with Gasteiger partial charge in [0.15, 0.2) is 5.78 Å². The molecule has 3 amide bonds. The summed E-state index contributed by atoms with van der Waals surface area (Å²) in [5.74, 6) is 0.743. The lowest BCUT2D eigenvalue weighted by Crippen LogP contribution is -2.53. The van der Waals surface area contributed by atoms with E-state index >= 15 is 0 Å². The minimum absolute atomic E-state index is 0.00730. The van der Waals surface area contributed by atoms with E-state index in [2.05, 4.69) is 5.32 Å². The summed E-state index contributed by atoms with van der Waals surface area (Å²) in [7, 11) is 0. The number of ketones is 1. The van der Waals surface area contributed by atoms with Crippen molar-refractivity contribution in [3.8, 4) is 0 Å². The molecule has 4 bridgehead atoms. The Labute approximate surface area is 163 Å². The Morgan fingerprint density at radius 2 is 1.68 bits per heavy atom. The fraction of sp³-hybridized carbons (Fsp3) is 0.591. The number of nitrogens with one attached hydrogen (secondary N) is 1. The SMILES string of the molecule is CC1(c2ccccc2F)NC(=O)N(CC(=O)C23CC4CC(CC(C4)C2)C3)C1=O. The zero-order chi connectivity index (χ0) is 19.7. The van der Waals surface area contributed by atoms with Crippen molar-refractivity contribution >= 4 is 17.7 Å². The summed E-state index contributed by atoms with van der Waals surface area (Å²) in [4.78, 5) is 39.9. The van der Waals surface area contributed by atoms with Crippen LogP contribution in [0.25, 0.3) is 0 Å². The molecule has 1 aliphatic heterocycles. The number of carbonyl (C=O) groups is 3. The number of imide groups is 1. The van der Waals surface area contributed by atoms with Gasteiger partial charge < -0.3 is 5.32 Å². The number of Topliss-reactive ketones (excluding diaryl/α,β-unsaturated/α-hetero) is 1. The average Bonchev–Trinajstić information content (AvgIpc) is 2.85. The Morgan fingerprint density at radius 1 is 1.11 bits per heavy atom. The molecule has 6 rings (SSSR count). The molecule has 4 aliphatic carbocycles. The first-order chi connectivity index (χ1) is 13.3. The molecular weight excluding hydrogens is 359 g/mol. The minimum Gasteiger partial charge on any atom is -0.319 e. The number of carbonyl (C=O) groups excluding carboxylic acids is 3. The van der Waals surface area contributed by atoms with Gasteiger partial charge >= 0.3 is 6.03 Å². The van der Waals surface area contributed by atoms with E-state index in [1.807, 2.05) is 0 Å². The van der Waals surface area contributed by atoms with Gasteiger partial charge in [-0.05, 0) is 69.3 Å². The van der Waals surface area contributed by atoms with Crippen molar-refractivity contribution in [2.75, 3.05) is 6.54 Å². The highest BCUT2D eigenvalue weighted by Crippen LogP contribution is 2.60. The van der Waals surface area contributed by atoms with Crippen LogP contribution in [0.2, 0.25) is 0 Å². The Bertz CT molecular complexity index is 847. The molecule has 1 atom stereocenters. The van der Waals surface area contributed by atoms with Crippen molar-refractivity contribution in [2.45, 2.75) is 51.0 Å². The van der Waals surface area contributed by atoms with Gasteiger partial charge in [-0.2, -0.15) is 0 Å². The molecule has 0 aromatic heterocycles. The molecule has 0 radical (unpaired) electrons. The molecule has 1 saturated heterocycles. The number of benzene rings is 1. The second-order valence-corrected chi connectivity index (χ2v) is 9.55. The monoisotopic (exact) mass is 384 g/mol. The van der Waals surface area contributed by atoms with E-state index in [1.54, 1.807) is 6.07 Å². The third-order valence-electron chi connectivity index (χ3n) is 7.62. The average molecular weight is 384 g/mol. The van der Waals surface area contributed by atoms with E-state index in [9.17, 15) is 18.8 Å². The predicted molar refractivity (Wildman–Crippen MR) is 99.6 cm³/mol. The molecule has 1 aromatic rings. The van der Waals surface area contributed by atoms with E-state index in [4.69, 9.17) is 0 Å². The van der Waals surface area contributed by atoms with Crippen LogP contribution in [0.1, 0.15) is 51.0 Å². The van der Waals surface area contributed by atoms with Gasteiger partial charge in [0.2, 0.25) is 0 Å². The van der Waals surface area contributed by atoms with E-state index in [1.165, 1.54) is 44.4 Å². The van der Waals surface area contributed by atoms with Crippen LogP contribution < -0.4 is 5.32 Å². The first kappa shape index (κ1) is 17.8. The normalized spacial score (nSPS) is 38.8. The van der Waals surface area contributed by atoms with Crippen LogP contribution in [0.3, 0.4) is 0 Å². The van der Waals surface area contributed by atoms with Crippen LogP contribution in [0.5, 0.6) is 0 Å². The van der Waals surface area contributed by atoms with E-state index < -0.39 is 23.3 Å². The standard InChI is InChI=1S/C22H25FN2O3/c1-21(16-4-2-3-5-17(16)23)19(27)25(20(28)24-21)12-18(26)22-9-13-6-14(10-22)8-15(7-13)11-22/h2-5,13-15H,6-12H2,1H3,(H,24,28). The Morgan fingerprint density at radius 3 is 2.25 bits per heavy atom. The number of nitrogens with zero attached hydrogens (tertiary/aromatic N) is 1. The lowest BCUT2D eigenvalue weighted by molar-refractivity contribution is -0.147. The van der Waals surface area contributed by atoms with Gasteiger partial charge in [0.25, 0.3) is 5.91 Å². The highest BCUT2D eigenvalue weighted by molar-refractivity contribution is 6.09. The van der Waals surface area contributed by atoms with Crippen LogP contribution in [-0.4, -0.2) is 29.2 Å². The van der Waals surface area contributed by atoms with Crippen molar-refractivity contribution in [3.63, 3.8) is 0 Å². The van der Waals surface area contributed by atoms with Gasteiger partial charge in [0.05, 0.1) is 6.54 Å². The van der Waals surface area contributed by atoms with Gasteiger partial charge in [-0.15, -0.1) is 0 Å². The molecule has 4 saturated carbocycles. The highest BCUT2D eigenvalue weighted by atomic mass is 19.1. The quantitative estimate of drug-likeness (QED) is 0.810. The number of hydrogen-bond acceptors (Lipinski definition) is 3. The first-order valence-electron chi connectivity index (χ1n) is 10.2. The molecule has 5 aliphatic rings. The zero-order valence-electron chi connectivity index (χ0n) is 16.0.